The average molecular weight is 263 g/mol. The first-order valence-corrected chi connectivity index (χ1v) is 6.29. The second-order valence-corrected chi connectivity index (χ2v) is 4.76. The van der Waals surface area contributed by atoms with Gasteiger partial charge in [-0.3, -0.25) is 4.79 Å². The molecule has 18 heavy (non-hydrogen) atoms. The van der Waals surface area contributed by atoms with Gasteiger partial charge in [-0.25, -0.2) is 4.98 Å². The van der Waals surface area contributed by atoms with E-state index in [2.05, 4.69) is 4.98 Å². The Morgan fingerprint density at radius 2 is 2.28 bits per heavy atom. The van der Waals surface area contributed by atoms with Gasteiger partial charge in [-0.05, 0) is 30.7 Å². The van der Waals surface area contributed by atoms with Crippen molar-refractivity contribution in [2.24, 2.45) is 0 Å². The molecule has 1 heterocycles. The first kappa shape index (κ1) is 12.6. The topological polar surface area (TPSA) is 59.4 Å². The molecule has 0 amide bonds. The monoisotopic (exact) mass is 263 g/mol. The lowest BCUT2D eigenvalue weighted by Crippen LogP contribution is -1.99. The standard InChI is InChI=1S/C13H13NO3S/c1-8-5-9(3-4-11(8)17-2)13-14-10(7-18-13)6-12(15)16/h3-5,7H,6H2,1-2H3,(H,15,16). The number of nitrogens with zero attached hydrogens (tertiary/aromatic N) is 1. The molecule has 0 fully saturated rings. The van der Waals surface area contributed by atoms with Gasteiger partial charge in [0.1, 0.15) is 10.8 Å². The van der Waals surface area contributed by atoms with E-state index in [1.165, 1.54) is 11.3 Å². The van der Waals surface area contributed by atoms with E-state index < -0.39 is 5.97 Å². The SMILES string of the molecule is COc1ccc(-c2nc(CC(=O)O)cs2)cc1C. The van der Waals surface area contributed by atoms with Gasteiger partial charge in [-0.2, -0.15) is 0 Å². The molecule has 0 unspecified atom stereocenters. The van der Waals surface area contributed by atoms with Crippen LogP contribution in [0.4, 0.5) is 0 Å². The van der Waals surface area contributed by atoms with Crippen LogP contribution in [0.15, 0.2) is 23.6 Å². The zero-order valence-electron chi connectivity index (χ0n) is 10.1. The van der Waals surface area contributed by atoms with Crippen LogP contribution in [-0.4, -0.2) is 23.2 Å². The molecule has 1 N–H and O–H groups in total. The summed E-state index contributed by atoms with van der Waals surface area (Å²) in [5.41, 5.74) is 2.61. The summed E-state index contributed by atoms with van der Waals surface area (Å²) >= 11 is 1.45. The van der Waals surface area contributed by atoms with Gasteiger partial charge in [-0.1, -0.05) is 0 Å². The molecular weight excluding hydrogens is 250 g/mol. The first-order chi connectivity index (χ1) is 8.60. The van der Waals surface area contributed by atoms with Crippen molar-refractivity contribution in [3.63, 3.8) is 0 Å². The summed E-state index contributed by atoms with van der Waals surface area (Å²) in [6.45, 7) is 1.97. The number of methoxy groups -OCH3 is 1. The Morgan fingerprint density at radius 1 is 1.50 bits per heavy atom. The van der Waals surface area contributed by atoms with Gasteiger partial charge in [0.15, 0.2) is 0 Å². The molecule has 4 nitrogen and oxygen atoms in total. The maximum absolute atomic E-state index is 10.6. The van der Waals surface area contributed by atoms with Crippen molar-refractivity contribution in [2.45, 2.75) is 13.3 Å². The van der Waals surface area contributed by atoms with Crippen LogP contribution in [0.2, 0.25) is 0 Å². The van der Waals surface area contributed by atoms with Gasteiger partial charge < -0.3 is 9.84 Å². The number of carboxylic acid groups (broad SMARTS) is 1. The van der Waals surface area contributed by atoms with Crippen molar-refractivity contribution in [1.29, 1.82) is 0 Å². The fourth-order valence-corrected chi connectivity index (χ4v) is 2.50. The quantitative estimate of drug-likeness (QED) is 0.921. The molecule has 0 spiro atoms. The van der Waals surface area contributed by atoms with E-state index in [0.29, 0.717) is 5.69 Å². The van der Waals surface area contributed by atoms with Crippen molar-refractivity contribution >= 4 is 17.3 Å². The lowest BCUT2D eigenvalue weighted by Gasteiger charge is -2.05. The number of aryl methyl sites for hydroxylation is 1. The summed E-state index contributed by atoms with van der Waals surface area (Å²) < 4.78 is 5.20. The Hall–Kier alpha value is -1.88. The van der Waals surface area contributed by atoms with Crippen LogP contribution in [0, 0.1) is 6.92 Å². The smallest absolute Gasteiger partial charge is 0.309 e. The second-order valence-electron chi connectivity index (χ2n) is 3.90. The third kappa shape index (κ3) is 2.68. The van der Waals surface area contributed by atoms with Crippen molar-refractivity contribution in [1.82, 2.24) is 4.98 Å². The molecule has 1 aromatic heterocycles. The highest BCUT2D eigenvalue weighted by Gasteiger charge is 2.09. The predicted octanol–water partition coefficient (Wildman–Crippen LogP) is 2.75. The molecule has 0 aliphatic rings. The molecule has 0 radical (unpaired) electrons. The van der Waals surface area contributed by atoms with E-state index in [4.69, 9.17) is 9.84 Å². The van der Waals surface area contributed by atoms with Crippen LogP contribution in [0.5, 0.6) is 5.75 Å². The molecule has 0 saturated heterocycles. The fraction of sp³-hybridized carbons (Fsp3) is 0.231. The third-order valence-electron chi connectivity index (χ3n) is 2.53. The maximum atomic E-state index is 10.6. The zero-order valence-corrected chi connectivity index (χ0v) is 11.0. The van der Waals surface area contributed by atoms with Gasteiger partial charge in [0.25, 0.3) is 0 Å². The number of rotatable bonds is 4. The number of benzene rings is 1. The average Bonchev–Trinajstić information content (AvgIpc) is 2.76. The van der Waals surface area contributed by atoms with Crippen LogP contribution in [0.1, 0.15) is 11.3 Å². The van der Waals surface area contributed by atoms with Crippen LogP contribution in [-0.2, 0) is 11.2 Å². The summed E-state index contributed by atoms with van der Waals surface area (Å²) in [7, 11) is 1.64. The summed E-state index contributed by atoms with van der Waals surface area (Å²) in [6.07, 6.45) is -0.0361. The molecule has 2 rings (SSSR count). The minimum Gasteiger partial charge on any atom is -0.496 e. The Bertz CT molecular complexity index is 577. The summed E-state index contributed by atoms with van der Waals surface area (Å²) in [4.78, 5) is 14.9. The lowest BCUT2D eigenvalue weighted by atomic mass is 10.1. The molecule has 0 atom stereocenters. The Kier molecular flexibility index (Phi) is 3.62. The molecule has 0 bridgehead atoms. The summed E-state index contributed by atoms with van der Waals surface area (Å²) in [6, 6.07) is 5.81. The van der Waals surface area contributed by atoms with Crippen LogP contribution in [0.25, 0.3) is 10.6 Å². The highest BCUT2D eigenvalue weighted by Crippen LogP contribution is 2.28. The molecular formula is C13H13NO3S. The van der Waals surface area contributed by atoms with Gasteiger partial charge >= 0.3 is 5.97 Å². The number of hydrogen-bond acceptors (Lipinski definition) is 4. The van der Waals surface area contributed by atoms with Crippen molar-refractivity contribution in [3.8, 4) is 16.3 Å². The van der Waals surface area contributed by atoms with E-state index in [0.717, 1.165) is 21.9 Å². The van der Waals surface area contributed by atoms with Crippen molar-refractivity contribution < 1.29 is 14.6 Å². The van der Waals surface area contributed by atoms with Crippen molar-refractivity contribution in [3.05, 3.63) is 34.8 Å². The first-order valence-electron chi connectivity index (χ1n) is 5.41. The molecule has 5 heteroatoms. The Balaban J connectivity index is 2.28. The van der Waals surface area contributed by atoms with Gasteiger partial charge in [0, 0.05) is 10.9 Å². The highest BCUT2D eigenvalue weighted by atomic mass is 32.1. The molecule has 1 aromatic carbocycles. The highest BCUT2D eigenvalue weighted by molar-refractivity contribution is 7.13. The normalized spacial score (nSPS) is 10.3. The zero-order chi connectivity index (χ0) is 13.1. The van der Waals surface area contributed by atoms with Crippen LogP contribution >= 0.6 is 11.3 Å². The molecule has 0 aliphatic heterocycles. The number of aliphatic carboxylic acids is 1. The number of carbonyl (C=O) groups is 1. The predicted molar refractivity (Wildman–Crippen MR) is 70.2 cm³/mol. The van der Waals surface area contributed by atoms with Gasteiger partial charge in [-0.15, -0.1) is 11.3 Å². The number of hydrogen-bond donors (Lipinski definition) is 1. The van der Waals surface area contributed by atoms with Crippen LogP contribution < -0.4 is 4.74 Å². The van der Waals surface area contributed by atoms with Crippen LogP contribution in [0.3, 0.4) is 0 Å². The minimum atomic E-state index is -0.863. The van der Waals surface area contributed by atoms with E-state index in [1.807, 2.05) is 25.1 Å². The molecule has 94 valence electrons. The Labute approximate surface area is 109 Å². The third-order valence-corrected chi connectivity index (χ3v) is 3.47. The van der Waals surface area contributed by atoms with Crippen molar-refractivity contribution in [2.75, 3.05) is 7.11 Å². The fourth-order valence-electron chi connectivity index (χ4n) is 1.69. The molecule has 0 saturated carbocycles. The molecule has 0 aliphatic carbocycles. The lowest BCUT2D eigenvalue weighted by molar-refractivity contribution is -0.136. The van der Waals surface area contributed by atoms with Gasteiger partial charge in [0.2, 0.25) is 0 Å². The number of thiazole rings is 1. The van der Waals surface area contributed by atoms with E-state index in [1.54, 1.807) is 12.5 Å². The number of ether oxygens (including phenoxy) is 1. The second kappa shape index (κ2) is 5.18. The maximum Gasteiger partial charge on any atom is 0.309 e. The minimum absolute atomic E-state index is 0.0361. The Morgan fingerprint density at radius 3 is 2.89 bits per heavy atom. The van der Waals surface area contributed by atoms with E-state index >= 15 is 0 Å². The van der Waals surface area contributed by atoms with Gasteiger partial charge in [0.05, 0.1) is 19.2 Å². The molecule has 2 aromatic rings. The number of aromatic nitrogens is 1. The number of carboxylic acids is 1. The van der Waals surface area contributed by atoms with E-state index in [-0.39, 0.29) is 6.42 Å². The van der Waals surface area contributed by atoms with E-state index in [9.17, 15) is 4.79 Å². The summed E-state index contributed by atoms with van der Waals surface area (Å²) in [5, 5.41) is 11.3. The largest absolute Gasteiger partial charge is 0.496 e. The summed E-state index contributed by atoms with van der Waals surface area (Å²) in [5.74, 6) is -0.0289.